The van der Waals surface area contributed by atoms with Gasteiger partial charge in [0.2, 0.25) is 0 Å². The Morgan fingerprint density at radius 3 is 2.48 bits per heavy atom. The van der Waals surface area contributed by atoms with E-state index in [1.165, 1.54) is 7.11 Å². The molecule has 23 heavy (non-hydrogen) atoms. The van der Waals surface area contributed by atoms with Crippen molar-refractivity contribution in [3.05, 3.63) is 35.9 Å². The van der Waals surface area contributed by atoms with Gasteiger partial charge < -0.3 is 19.5 Å². The summed E-state index contributed by atoms with van der Waals surface area (Å²) in [5.41, 5.74) is 0.573. The molecular formula is C17H21NO5. The first-order chi connectivity index (χ1) is 10.9. The van der Waals surface area contributed by atoms with Crippen LogP contribution in [0.3, 0.4) is 0 Å². The molecule has 1 unspecified atom stereocenters. The smallest absolute Gasteiger partial charge is 0.311 e. The largest absolute Gasteiger partial charge is 0.469 e. The maximum Gasteiger partial charge on any atom is 0.311 e. The van der Waals surface area contributed by atoms with E-state index in [2.05, 4.69) is 5.32 Å². The maximum absolute atomic E-state index is 12.4. The SMILES string of the molecule is COC(=O)C1C[C@@H](NC(=O)c2ccccc2)[C@@H]2OC(C)(C)O[C@H]12. The van der Waals surface area contributed by atoms with Crippen LogP contribution in [0.25, 0.3) is 0 Å². The molecule has 1 aromatic rings. The lowest BCUT2D eigenvalue weighted by atomic mass is 10.1. The number of benzene rings is 1. The Morgan fingerprint density at radius 2 is 1.83 bits per heavy atom. The second kappa shape index (κ2) is 5.94. The summed E-state index contributed by atoms with van der Waals surface area (Å²) in [6.45, 7) is 3.60. The lowest BCUT2D eigenvalue weighted by Crippen LogP contribution is -2.43. The molecule has 1 N–H and O–H groups in total. The zero-order valence-corrected chi connectivity index (χ0v) is 13.4. The van der Waals surface area contributed by atoms with Gasteiger partial charge in [-0.15, -0.1) is 0 Å². The fraction of sp³-hybridized carbons (Fsp3) is 0.529. The van der Waals surface area contributed by atoms with Crippen molar-refractivity contribution >= 4 is 11.9 Å². The molecule has 0 spiro atoms. The van der Waals surface area contributed by atoms with Gasteiger partial charge >= 0.3 is 5.97 Å². The third-order valence-corrected chi connectivity index (χ3v) is 4.32. The minimum Gasteiger partial charge on any atom is -0.469 e. The van der Waals surface area contributed by atoms with Crippen LogP contribution in [0.15, 0.2) is 30.3 Å². The Labute approximate surface area is 135 Å². The zero-order chi connectivity index (χ0) is 16.6. The number of esters is 1. The number of carbonyl (C=O) groups is 2. The molecule has 3 rings (SSSR count). The highest BCUT2D eigenvalue weighted by molar-refractivity contribution is 5.94. The highest BCUT2D eigenvalue weighted by Crippen LogP contribution is 2.42. The van der Waals surface area contributed by atoms with Crippen molar-refractivity contribution in [2.75, 3.05) is 7.11 Å². The van der Waals surface area contributed by atoms with Crippen molar-refractivity contribution in [2.45, 2.75) is 44.3 Å². The summed E-state index contributed by atoms with van der Waals surface area (Å²) >= 11 is 0. The molecule has 2 aliphatic rings. The molecule has 1 aliphatic heterocycles. The summed E-state index contributed by atoms with van der Waals surface area (Å²) in [5.74, 6) is -1.74. The second-order valence-corrected chi connectivity index (χ2v) is 6.38. The predicted molar refractivity (Wildman–Crippen MR) is 81.6 cm³/mol. The van der Waals surface area contributed by atoms with E-state index in [0.717, 1.165) is 0 Å². The first kappa shape index (κ1) is 16.0. The van der Waals surface area contributed by atoms with Gasteiger partial charge in [0, 0.05) is 5.56 Å². The van der Waals surface area contributed by atoms with Crippen molar-refractivity contribution in [3.63, 3.8) is 0 Å². The summed E-state index contributed by atoms with van der Waals surface area (Å²) in [6, 6.07) is 8.67. The third kappa shape index (κ3) is 3.09. The van der Waals surface area contributed by atoms with E-state index in [9.17, 15) is 9.59 Å². The molecular weight excluding hydrogens is 298 g/mol. The van der Waals surface area contributed by atoms with Gasteiger partial charge in [-0.05, 0) is 32.4 Å². The monoisotopic (exact) mass is 319 g/mol. The number of hydrogen-bond donors (Lipinski definition) is 1. The lowest BCUT2D eigenvalue weighted by Gasteiger charge is -2.23. The molecule has 1 saturated heterocycles. The Morgan fingerprint density at radius 1 is 1.17 bits per heavy atom. The molecule has 124 valence electrons. The van der Waals surface area contributed by atoms with Crippen LogP contribution in [-0.4, -0.2) is 43.0 Å². The Bertz CT molecular complexity index is 600. The minimum absolute atomic E-state index is 0.187. The number of nitrogens with one attached hydrogen (secondary N) is 1. The standard InChI is InChI=1S/C17H21NO5/c1-17(2)22-13-11(16(20)21-3)9-12(14(13)23-17)18-15(19)10-7-5-4-6-8-10/h4-8,11-14H,9H2,1-3H3,(H,18,19)/t11?,12-,13-,14+/m1/s1. The molecule has 1 saturated carbocycles. The van der Waals surface area contributed by atoms with Crippen LogP contribution in [0.4, 0.5) is 0 Å². The number of ether oxygens (including phenoxy) is 3. The Kier molecular flexibility index (Phi) is 4.12. The molecule has 0 aromatic heterocycles. The van der Waals surface area contributed by atoms with E-state index in [1.54, 1.807) is 26.0 Å². The van der Waals surface area contributed by atoms with Crippen LogP contribution in [0.5, 0.6) is 0 Å². The summed E-state index contributed by atoms with van der Waals surface area (Å²) in [5, 5.41) is 2.96. The van der Waals surface area contributed by atoms with Crippen molar-refractivity contribution in [3.8, 4) is 0 Å². The Hall–Kier alpha value is -1.92. The molecule has 1 heterocycles. The van der Waals surface area contributed by atoms with E-state index in [1.807, 2.05) is 18.2 Å². The summed E-state index contributed by atoms with van der Waals surface area (Å²) in [6.07, 6.45) is -0.322. The van der Waals surface area contributed by atoms with Crippen LogP contribution in [0.2, 0.25) is 0 Å². The lowest BCUT2D eigenvalue weighted by molar-refractivity contribution is -0.168. The number of amides is 1. The number of carbonyl (C=O) groups excluding carboxylic acids is 2. The van der Waals surface area contributed by atoms with E-state index in [0.29, 0.717) is 12.0 Å². The molecule has 1 aliphatic carbocycles. The summed E-state index contributed by atoms with van der Waals surface area (Å²) in [7, 11) is 1.36. The summed E-state index contributed by atoms with van der Waals surface area (Å²) in [4.78, 5) is 24.4. The average molecular weight is 319 g/mol. The fourth-order valence-corrected chi connectivity index (χ4v) is 3.35. The van der Waals surface area contributed by atoms with Gasteiger partial charge in [-0.3, -0.25) is 9.59 Å². The highest BCUT2D eigenvalue weighted by Gasteiger charge is 2.56. The van der Waals surface area contributed by atoms with Crippen LogP contribution in [0.1, 0.15) is 30.6 Å². The molecule has 6 nitrogen and oxygen atoms in total. The van der Waals surface area contributed by atoms with Crippen LogP contribution in [0, 0.1) is 5.92 Å². The van der Waals surface area contributed by atoms with Gasteiger partial charge in [0.15, 0.2) is 5.79 Å². The van der Waals surface area contributed by atoms with Gasteiger partial charge in [-0.1, -0.05) is 18.2 Å². The van der Waals surface area contributed by atoms with Gasteiger partial charge in [0.25, 0.3) is 5.91 Å². The Balaban J connectivity index is 1.77. The molecule has 1 amide bonds. The topological polar surface area (TPSA) is 73.9 Å². The predicted octanol–water partition coefficient (Wildman–Crippen LogP) is 1.50. The van der Waals surface area contributed by atoms with Gasteiger partial charge in [0.1, 0.15) is 12.2 Å². The number of fused-ring (bicyclic) bond motifs is 1. The first-order valence-corrected chi connectivity index (χ1v) is 7.70. The third-order valence-electron chi connectivity index (χ3n) is 4.32. The second-order valence-electron chi connectivity index (χ2n) is 6.38. The van der Waals surface area contributed by atoms with E-state index >= 15 is 0 Å². The number of methoxy groups -OCH3 is 1. The van der Waals surface area contributed by atoms with Gasteiger partial charge in [0.05, 0.1) is 19.1 Å². The molecule has 0 bridgehead atoms. The molecule has 6 heteroatoms. The van der Waals surface area contributed by atoms with Crippen LogP contribution < -0.4 is 5.32 Å². The van der Waals surface area contributed by atoms with Crippen molar-refractivity contribution in [2.24, 2.45) is 5.92 Å². The normalized spacial score (nSPS) is 31.4. The molecule has 2 fully saturated rings. The van der Waals surface area contributed by atoms with Gasteiger partial charge in [-0.25, -0.2) is 0 Å². The highest BCUT2D eigenvalue weighted by atomic mass is 16.8. The molecule has 1 aromatic carbocycles. The van der Waals surface area contributed by atoms with Gasteiger partial charge in [-0.2, -0.15) is 0 Å². The quantitative estimate of drug-likeness (QED) is 0.855. The maximum atomic E-state index is 12.4. The molecule has 4 atom stereocenters. The number of rotatable bonds is 3. The first-order valence-electron chi connectivity index (χ1n) is 7.70. The van der Waals surface area contributed by atoms with E-state index in [-0.39, 0.29) is 24.0 Å². The average Bonchev–Trinajstić information content (AvgIpc) is 3.01. The zero-order valence-electron chi connectivity index (χ0n) is 13.4. The number of hydrogen-bond acceptors (Lipinski definition) is 5. The van der Waals surface area contributed by atoms with Crippen molar-refractivity contribution in [1.82, 2.24) is 5.32 Å². The van der Waals surface area contributed by atoms with Crippen molar-refractivity contribution in [1.29, 1.82) is 0 Å². The minimum atomic E-state index is -0.780. The van der Waals surface area contributed by atoms with Crippen molar-refractivity contribution < 1.29 is 23.8 Å². The van der Waals surface area contributed by atoms with E-state index < -0.39 is 17.8 Å². The molecule has 0 radical (unpaired) electrons. The fourth-order valence-electron chi connectivity index (χ4n) is 3.35. The van der Waals surface area contributed by atoms with Crippen LogP contribution >= 0.6 is 0 Å². The summed E-state index contributed by atoms with van der Waals surface area (Å²) < 4.78 is 16.6. The van der Waals surface area contributed by atoms with E-state index in [4.69, 9.17) is 14.2 Å². The van der Waals surface area contributed by atoms with Crippen LogP contribution in [-0.2, 0) is 19.0 Å².